The SMILES string of the molecule is CCOCC(=O)Nc1c(N)c(C)nn1C. The number of aryl methyl sites for hydroxylation is 2. The van der Waals surface area contributed by atoms with Crippen LogP contribution < -0.4 is 11.1 Å². The third-order valence-corrected chi connectivity index (χ3v) is 1.96. The number of carbonyl (C=O) groups is 1. The first-order chi connectivity index (χ1) is 7.06. The minimum absolute atomic E-state index is 0.0279. The normalized spacial score (nSPS) is 10.3. The number of anilines is 2. The highest BCUT2D eigenvalue weighted by Gasteiger charge is 2.12. The maximum atomic E-state index is 11.4. The number of nitrogens with zero attached hydrogens (tertiary/aromatic N) is 2. The van der Waals surface area contributed by atoms with Gasteiger partial charge in [0.1, 0.15) is 6.61 Å². The van der Waals surface area contributed by atoms with Crippen LogP contribution in [0.2, 0.25) is 0 Å². The van der Waals surface area contributed by atoms with Crippen LogP contribution in [0.4, 0.5) is 11.5 Å². The highest BCUT2D eigenvalue weighted by molar-refractivity contribution is 5.93. The Hall–Kier alpha value is -1.56. The van der Waals surface area contributed by atoms with E-state index in [2.05, 4.69) is 10.4 Å². The van der Waals surface area contributed by atoms with Gasteiger partial charge in [0, 0.05) is 13.7 Å². The second-order valence-electron chi connectivity index (χ2n) is 3.16. The van der Waals surface area contributed by atoms with Crippen LogP contribution in [0, 0.1) is 6.92 Å². The van der Waals surface area contributed by atoms with Crippen LogP contribution in [0.15, 0.2) is 0 Å². The molecule has 6 heteroatoms. The molecule has 0 unspecified atom stereocenters. The average molecular weight is 212 g/mol. The van der Waals surface area contributed by atoms with Gasteiger partial charge in [0.05, 0.1) is 11.4 Å². The van der Waals surface area contributed by atoms with Crippen molar-refractivity contribution in [3.63, 3.8) is 0 Å². The van der Waals surface area contributed by atoms with Crippen LogP contribution in [0.1, 0.15) is 12.6 Å². The summed E-state index contributed by atoms with van der Waals surface area (Å²) in [7, 11) is 1.72. The van der Waals surface area contributed by atoms with E-state index in [1.807, 2.05) is 6.92 Å². The van der Waals surface area contributed by atoms with Crippen molar-refractivity contribution in [3.05, 3.63) is 5.69 Å². The molecular weight excluding hydrogens is 196 g/mol. The Labute approximate surface area is 88.4 Å². The summed E-state index contributed by atoms with van der Waals surface area (Å²) < 4.78 is 6.51. The molecule has 0 atom stereocenters. The number of hydrogen-bond acceptors (Lipinski definition) is 4. The van der Waals surface area contributed by atoms with Gasteiger partial charge < -0.3 is 15.8 Å². The number of nitrogens with two attached hydrogens (primary N) is 1. The molecule has 1 aromatic rings. The smallest absolute Gasteiger partial charge is 0.251 e. The van der Waals surface area contributed by atoms with Crippen molar-refractivity contribution in [2.75, 3.05) is 24.3 Å². The summed E-state index contributed by atoms with van der Waals surface area (Å²) in [5, 5.41) is 6.73. The molecule has 1 aromatic heterocycles. The number of carbonyl (C=O) groups excluding carboxylic acids is 1. The molecule has 0 bridgehead atoms. The topological polar surface area (TPSA) is 82.2 Å². The predicted octanol–water partition coefficient (Wildman–Crippen LogP) is 0.286. The van der Waals surface area contributed by atoms with Gasteiger partial charge >= 0.3 is 0 Å². The van der Waals surface area contributed by atoms with Gasteiger partial charge in [-0.1, -0.05) is 0 Å². The van der Waals surface area contributed by atoms with Crippen molar-refractivity contribution < 1.29 is 9.53 Å². The maximum absolute atomic E-state index is 11.4. The van der Waals surface area contributed by atoms with Crippen molar-refractivity contribution in [3.8, 4) is 0 Å². The molecule has 0 spiro atoms. The van der Waals surface area contributed by atoms with Gasteiger partial charge in [-0.15, -0.1) is 0 Å². The van der Waals surface area contributed by atoms with E-state index < -0.39 is 0 Å². The largest absolute Gasteiger partial charge is 0.394 e. The van der Waals surface area contributed by atoms with Crippen LogP contribution >= 0.6 is 0 Å². The quantitative estimate of drug-likeness (QED) is 0.751. The van der Waals surface area contributed by atoms with E-state index in [4.69, 9.17) is 10.5 Å². The van der Waals surface area contributed by atoms with E-state index >= 15 is 0 Å². The van der Waals surface area contributed by atoms with Crippen LogP contribution in [-0.4, -0.2) is 28.9 Å². The van der Waals surface area contributed by atoms with Crippen LogP contribution in [0.5, 0.6) is 0 Å². The molecule has 0 saturated heterocycles. The molecule has 1 amide bonds. The Morgan fingerprint density at radius 3 is 2.80 bits per heavy atom. The van der Waals surface area contributed by atoms with Crippen LogP contribution in [-0.2, 0) is 16.6 Å². The first-order valence-electron chi connectivity index (χ1n) is 4.73. The third kappa shape index (κ3) is 2.69. The van der Waals surface area contributed by atoms with Crippen LogP contribution in [0.25, 0.3) is 0 Å². The monoisotopic (exact) mass is 212 g/mol. The molecule has 0 radical (unpaired) electrons. The Kier molecular flexibility index (Phi) is 3.68. The van der Waals surface area contributed by atoms with Crippen molar-refractivity contribution in [2.24, 2.45) is 7.05 Å². The highest BCUT2D eigenvalue weighted by Crippen LogP contribution is 2.20. The molecule has 0 aromatic carbocycles. The lowest BCUT2D eigenvalue weighted by atomic mass is 10.4. The summed E-state index contributed by atoms with van der Waals surface area (Å²) in [4.78, 5) is 11.4. The molecular formula is C9H16N4O2. The summed E-state index contributed by atoms with van der Waals surface area (Å²) in [6.45, 7) is 4.15. The van der Waals surface area contributed by atoms with E-state index in [-0.39, 0.29) is 12.5 Å². The fourth-order valence-corrected chi connectivity index (χ4v) is 1.19. The first-order valence-corrected chi connectivity index (χ1v) is 4.73. The van der Waals surface area contributed by atoms with Gasteiger partial charge in [-0.05, 0) is 13.8 Å². The molecule has 0 aliphatic carbocycles. The van der Waals surface area contributed by atoms with E-state index in [1.54, 1.807) is 14.0 Å². The lowest BCUT2D eigenvalue weighted by molar-refractivity contribution is -0.120. The predicted molar refractivity (Wildman–Crippen MR) is 57.5 cm³/mol. The van der Waals surface area contributed by atoms with Gasteiger partial charge in [0.15, 0.2) is 5.82 Å². The van der Waals surface area contributed by atoms with E-state index in [9.17, 15) is 4.79 Å². The van der Waals surface area contributed by atoms with Gasteiger partial charge in [-0.25, -0.2) is 0 Å². The molecule has 0 aliphatic rings. The number of hydrogen-bond donors (Lipinski definition) is 2. The van der Waals surface area contributed by atoms with E-state index in [0.29, 0.717) is 23.8 Å². The number of rotatable bonds is 4. The second-order valence-corrected chi connectivity index (χ2v) is 3.16. The zero-order valence-electron chi connectivity index (χ0n) is 9.20. The molecule has 0 fully saturated rings. The van der Waals surface area contributed by atoms with Crippen molar-refractivity contribution >= 4 is 17.4 Å². The number of amides is 1. The molecule has 0 saturated carbocycles. The Morgan fingerprint density at radius 1 is 1.67 bits per heavy atom. The van der Waals surface area contributed by atoms with E-state index in [0.717, 1.165) is 0 Å². The minimum atomic E-state index is -0.230. The lowest BCUT2D eigenvalue weighted by Gasteiger charge is -2.06. The summed E-state index contributed by atoms with van der Waals surface area (Å²) in [5.74, 6) is 0.281. The summed E-state index contributed by atoms with van der Waals surface area (Å²) >= 11 is 0. The highest BCUT2D eigenvalue weighted by atomic mass is 16.5. The fraction of sp³-hybridized carbons (Fsp3) is 0.556. The third-order valence-electron chi connectivity index (χ3n) is 1.96. The summed E-state index contributed by atoms with van der Waals surface area (Å²) in [6, 6.07) is 0. The number of nitrogens with one attached hydrogen (secondary N) is 1. The average Bonchev–Trinajstić information content (AvgIpc) is 2.42. The molecule has 1 heterocycles. The Balaban J connectivity index is 2.68. The molecule has 1 rings (SSSR count). The van der Waals surface area contributed by atoms with E-state index in [1.165, 1.54) is 4.68 Å². The number of nitrogen functional groups attached to an aromatic ring is 1. The zero-order chi connectivity index (χ0) is 11.4. The molecule has 3 N–H and O–H groups in total. The van der Waals surface area contributed by atoms with Crippen molar-refractivity contribution in [2.45, 2.75) is 13.8 Å². The summed E-state index contributed by atoms with van der Waals surface area (Å²) in [5.41, 5.74) is 6.93. The minimum Gasteiger partial charge on any atom is -0.394 e. The number of ether oxygens (including phenoxy) is 1. The van der Waals surface area contributed by atoms with Crippen molar-refractivity contribution in [1.82, 2.24) is 9.78 Å². The van der Waals surface area contributed by atoms with Crippen LogP contribution in [0.3, 0.4) is 0 Å². The lowest BCUT2D eigenvalue weighted by Crippen LogP contribution is -2.20. The van der Waals surface area contributed by atoms with Gasteiger partial charge in [0.2, 0.25) is 0 Å². The fourth-order valence-electron chi connectivity index (χ4n) is 1.19. The molecule has 0 aliphatic heterocycles. The first kappa shape index (κ1) is 11.5. The number of aromatic nitrogens is 2. The Morgan fingerprint density at radius 2 is 2.33 bits per heavy atom. The Bertz CT molecular complexity index is 359. The van der Waals surface area contributed by atoms with Gasteiger partial charge in [-0.3, -0.25) is 9.48 Å². The molecule has 6 nitrogen and oxygen atoms in total. The zero-order valence-corrected chi connectivity index (χ0v) is 9.20. The van der Waals surface area contributed by atoms with Gasteiger partial charge in [-0.2, -0.15) is 5.10 Å². The van der Waals surface area contributed by atoms with Crippen molar-refractivity contribution in [1.29, 1.82) is 0 Å². The second kappa shape index (κ2) is 4.79. The van der Waals surface area contributed by atoms with Gasteiger partial charge in [0.25, 0.3) is 5.91 Å². The molecule has 84 valence electrons. The standard InChI is InChI=1S/C9H16N4O2/c1-4-15-5-7(14)11-9-8(10)6(2)12-13(9)3/h4-5,10H2,1-3H3,(H,11,14). The summed E-state index contributed by atoms with van der Waals surface area (Å²) in [6.07, 6.45) is 0. The maximum Gasteiger partial charge on any atom is 0.251 e. The molecule has 15 heavy (non-hydrogen) atoms.